The Morgan fingerprint density at radius 3 is 1.71 bits per heavy atom. The smallest absolute Gasteiger partial charge is 0.329 e. The van der Waals surface area contributed by atoms with Gasteiger partial charge in [-0.3, -0.25) is 14.4 Å². The average Bonchev–Trinajstić information content (AvgIpc) is 3.73. The zero-order chi connectivity index (χ0) is 34.7. The largest absolute Gasteiger partial charge is 0.469 e. The number of methoxy groups -OCH3 is 3. The van der Waals surface area contributed by atoms with Crippen LogP contribution in [0.15, 0.2) is 120 Å². The Labute approximate surface area is 295 Å². The van der Waals surface area contributed by atoms with Gasteiger partial charge in [0.1, 0.15) is 28.3 Å². The fourth-order valence-electron chi connectivity index (χ4n) is 6.74. The van der Waals surface area contributed by atoms with Crippen LogP contribution in [0.5, 0.6) is 0 Å². The summed E-state index contributed by atoms with van der Waals surface area (Å²) in [5, 5.41) is 0.211. The van der Waals surface area contributed by atoms with E-state index >= 15 is 0 Å². The third-order valence-electron chi connectivity index (χ3n) is 8.79. The highest BCUT2D eigenvalue weighted by atomic mass is 79.9. The molecule has 0 N–H and O–H groups in total. The molecule has 0 aliphatic carbocycles. The van der Waals surface area contributed by atoms with Crippen molar-refractivity contribution in [3.05, 3.63) is 141 Å². The number of hydrogen-bond donors (Lipinski definition) is 0. The summed E-state index contributed by atoms with van der Waals surface area (Å²) in [6.45, 7) is 0. The van der Waals surface area contributed by atoms with Gasteiger partial charge in [-0.1, -0.05) is 118 Å². The molecule has 0 spiro atoms. The monoisotopic (exact) mass is 738 g/mol. The van der Waals surface area contributed by atoms with Gasteiger partial charge < -0.3 is 19.1 Å². The molecule has 49 heavy (non-hydrogen) atoms. The second kappa shape index (κ2) is 14.2. The Hall–Kier alpha value is -5.13. The first-order valence-electron chi connectivity index (χ1n) is 15.3. The maximum absolute atomic E-state index is 14.3. The van der Waals surface area contributed by atoms with Crippen molar-refractivity contribution in [2.75, 3.05) is 26.2 Å². The van der Waals surface area contributed by atoms with Gasteiger partial charge in [-0.15, -0.1) is 0 Å². The Morgan fingerprint density at radius 1 is 0.694 bits per heavy atom. The summed E-state index contributed by atoms with van der Waals surface area (Å²) in [6, 6.07) is 33.0. The number of ether oxygens (including phenoxy) is 3. The maximum Gasteiger partial charge on any atom is 0.329 e. The third-order valence-corrected chi connectivity index (χ3v) is 10.4. The number of halogens is 1. The van der Waals surface area contributed by atoms with E-state index in [1.165, 1.54) is 21.3 Å². The molecule has 9 nitrogen and oxygen atoms in total. The van der Waals surface area contributed by atoms with Crippen molar-refractivity contribution in [3.63, 3.8) is 0 Å². The average molecular weight is 740 g/mol. The number of aromatic nitrogens is 1. The number of carbonyl (C=O) groups is 4. The van der Waals surface area contributed by atoms with Gasteiger partial charge >= 0.3 is 17.9 Å². The molecular weight excluding hydrogens is 708 g/mol. The van der Waals surface area contributed by atoms with E-state index in [0.717, 1.165) is 15.8 Å². The second-order valence-electron chi connectivity index (χ2n) is 11.3. The molecule has 1 aliphatic rings. The lowest BCUT2D eigenvalue weighted by Gasteiger charge is -2.43. The summed E-state index contributed by atoms with van der Waals surface area (Å²) >= 11 is 4.50. The predicted molar refractivity (Wildman–Crippen MR) is 188 cm³/mol. The molecular formula is C38H31BrN2O7S. The molecule has 0 unspecified atom stereocenters. The molecule has 1 aliphatic heterocycles. The molecule has 6 rings (SSSR count). The van der Waals surface area contributed by atoms with Gasteiger partial charge in [0.2, 0.25) is 5.78 Å². The zero-order valence-electron chi connectivity index (χ0n) is 26.7. The Balaban J connectivity index is 1.74. The van der Waals surface area contributed by atoms with Crippen LogP contribution < -0.4 is 4.90 Å². The first kappa shape index (κ1) is 33.8. The van der Waals surface area contributed by atoms with Crippen molar-refractivity contribution in [2.24, 2.45) is 11.8 Å². The number of rotatable bonds is 9. The van der Waals surface area contributed by atoms with Gasteiger partial charge in [-0.2, -0.15) is 0 Å². The van der Waals surface area contributed by atoms with Crippen molar-refractivity contribution in [1.82, 2.24) is 4.98 Å². The second-order valence-corrected chi connectivity index (χ2v) is 13.2. The Bertz CT molecular complexity index is 1950. The van der Waals surface area contributed by atoms with Crippen LogP contribution in [0.3, 0.4) is 0 Å². The first-order valence-corrected chi connectivity index (χ1v) is 16.9. The number of benzene rings is 4. The van der Waals surface area contributed by atoms with Crippen LogP contribution in [0.25, 0.3) is 11.3 Å². The number of thiazole rings is 1. The van der Waals surface area contributed by atoms with E-state index in [0.29, 0.717) is 32.8 Å². The first-order chi connectivity index (χ1) is 23.8. The van der Waals surface area contributed by atoms with E-state index in [9.17, 15) is 19.2 Å². The van der Waals surface area contributed by atoms with Gasteiger partial charge in [0.15, 0.2) is 5.13 Å². The topological polar surface area (TPSA) is 112 Å². The van der Waals surface area contributed by atoms with Crippen LogP contribution in [0.1, 0.15) is 26.4 Å². The molecule has 0 radical (unpaired) electrons. The molecule has 3 atom stereocenters. The fourth-order valence-corrected chi connectivity index (χ4v) is 8.15. The molecule has 0 amide bonds. The summed E-state index contributed by atoms with van der Waals surface area (Å²) in [5.74, 6) is -5.37. The van der Waals surface area contributed by atoms with Crippen molar-refractivity contribution in [1.29, 1.82) is 0 Å². The van der Waals surface area contributed by atoms with Crippen LogP contribution in [-0.4, -0.2) is 56.0 Å². The molecule has 2 heterocycles. The minimum atomic E-state index is -1.57. The molecule has 11 heteroatoms. The van der Waals surface area contributed by atoms with E-state index in [4.69, 9.17) is 19.2 Å². The van der Waals surface area contributed by atoms with Gasteiger partial charge in [-0.05, 0) is 35.4 Å². The van der Waals surface area contributed by atoms with Crippen LogP contribution in [0.2, 0.25) is 0 Å². The number of esters is 3. The maximum atomic E-state index is 14.3. The van der Waals surface area contributed by atoms with Gasteiger partial charge in [-0.25, -0.2) is 9.78 Å². The van der Waals surface area contributed by atoms with Gasteiger partial charge in [0, 0.05) is 15.6 Å². The molecule has 1 aromatic heterocycles. The quantitative estimate of drug-likeness (QED) is 0.0928. The van der Waals surface area contributed by atoms with Gasteiger partial charge in [0.05, 0.1) is 27.0 Å². The third kappa shape index (κ3) is 5.83. The lowest BCUT2D eigenvalue weighted by atomic mass is 9.70. The fraction of sp³-hybridized carbons (Fsp3) is 0.184. The van der Waals surface area contributed by atoms with Crippen molar-refractivity contribution >= 4 is 56.1 Å². The van der Waals surface area contributed by atoms with Crippen LogP contribution >= 0.6 is 27.3 Å². The molecule has 0 bridgehead atoms. The molecule has 0 saturated carbocycles. The van der Waals surface area contributed by atoms with E-state index in [-0.39, 0.29) is 10.9 Å². The number of hydrogen-bond acceptors (Lipinski definition) is 10. The summed E-state index contributed by atoms with van der Waals surface area (Å²) in [6.07, 6.45) is 0. The number of carbonyl (C=O) groups excluding carboxylic acids is 4. The highest BCUT2D eigenvalue weighted by Crippen LogP contribution is 2.57. The Morgan fingerprint density at radius 2 is 1.20 bits per heavy atom. The van der Waals surface area contributed by atoms with Crippen LogP contribution in [0.4, 0.5) is 5.13 Å². The molecule has 5 aromatic rings. The summed E-state index contributed by atoms with van der Waals surface area (Å²) in [7, 11) is 3.65. The highest BCUT2D eigenvalue weighted by molar-refractivity contribution is 9.10. The lowest BCUT2D eigenvalue weighted by Crippen LogP contribution is -2.52. The standard InChI is InChI=1S/C38H31BrN2O7S/c1-46-34(43)28-29(35(44)47-2)38(25-15-9-5-10-16-25,26-17-11-6-12-18-26)41(31(28)36(45)48-3)37-40-30(23-13-7-4-8-14-23)33(49-37)32(42)24-19-21-27(39)22-20-24/h4-22,28-29,31H,1-3H3/t28-,29-,31+/m0/s1. The summed E-state index contributed by atoms with van der Waals surface area (Å²) in [5.41, 5.74) is 1.06. The van der Waals surface area contributed by atoms with Crippen molar-refractivity contribution in [2.45, 2.75) is 11.6 Å². The van der Waals surface area contributed by atoms with Crippen molar-refractivity contribution in [3.8, 4) is 11.3 Å². The lowest BCUT2D eigenvalue weighted by molar-refractivity contribution is -0.160. The number of nitrogens with zero attached hydrogens (tertiary/aromatic N) is 2. The SMILES string of the molecule is COC(=O)[C@H]1[C@@H](C(=O)OC)C(c2ccccc2)(c2ccccc2)N(c2nc(-c3ccccc3)c(C(=O)c3ccc(Br)cc3)s2)[C@H]1C(=O)OC. The van der Waals surface area contributed by atoms with Crippen molar-refractivity contribution < 1.29 is 33.4 Å². The number of ketones is 1. The van der Waals surface area contributed by atoms with E-state index < -0.39 is 41.3 Å². The van der Waals surface area contributed by atoms with Gasteiger partial charge in [0.25, 0.3) is 0 Å². The molecule has 1 fully saturated rings. The van der Waals surface area contributed by atoms with E-state index in [2.05, 4.69) is 15.9 Å². The summed E-state index contributed by atoms with van der Waals surface area (Å²) < 4.78 is 16.9. The minimum Gasteiger partial charge on any atom is -0.469 e. The zero-order valence-corrected chi connectivity index (χ0v) is 29.1. The predicted octanol–water partition coefficient (Wildman–Crippen LogP) is 6.69. The Kier molecular flexibility index (Phi) is 9.75. The molecule has 4 aromatic carbocycles. The summed E-state index contributed by atoms with van der Waals surface area (Å²) in [4.78, 5) is 63.4. The molecule has 1 saturated heterocycles. The highest BCUT2D eigenvalue weighted by Gasteiger charge is 2.69. The minimum absolute atomic E-state index is 0.211. The number of anilines is 1. The molecule has 248 valence electrons. The van der Waals surface area contributed by atoms with Crippen LogP contribution in [0, 0.1) is 11.8 Å². The van der Waals surface area contributed by atoms with Crippen LogP contribution in [-0.2, 0) is 34.1 Å². The normalized spacial score (nSPS) is 18.0. The van der Waals surface area contributed by atoms with E-state index in [1.54, 1.807) is 29.2 Å². The van der Waals surface area contributed by atoms with E-state index in [1.807, 2.05) is 91.0 Å².